The van der Waals surface area contributed by atoms with Crippen LogP contribution in [-0.4, -0.2) is 37.0 Å². The van der Waals surface area contributed by atoms with E-state index in [4.69, 9.17) is 39.2 Å². The molecule has 0 radical (unpaired) electrons. The van der Waals surface area contributed by atoms with Crippen LogP contribution in [0.4, 0.5) is 11.4 Å². The summed E-state index contributed by atoms with van der Waals surface area (Å²) in [6, 6.07) is 24.7. The van der Waals surface area contributed by atoms with Crippen molar-refractivity contribution >= 4 is 58.2 Å². The van der Waals surface area contributed by atoms with Crippen molar-refractivity contribution in [2.75, 3.05) is 36.4 Å². The maximum Gasteiger partial charge on any atom is 0.248 e. The highest BCUT2D eigenvalue weighted by molar-refractivity contribution is 6.36. The molecule has 1 aromatic heterocycles. The molecule has 0 bridgehead atoms. The minimum Gasteiger partial charge on any atom is -0.457 e. The molecule has 0 unspecified atom stereocenters. The number of nitrogens with zero attached hydrogens (tertiary/aromatic N) is 2. The largest absolute Gasteiger partial charge is 0.457 e. The van der Waals surface area contributed by atoms with Gasteiger partial charge < -0.3 is 14.6 Å². The monoisotopic (exact) mass is 565 g/mol. The topological polar surface area (TPSA) is 48.7 Å². The first-order chi connectivity index (χ1) is 18.4. The first-order valence-electron chi connectivity index (χ1n) is 12.3. The number of furan rings is 1. The number of hydrogen-bond acceptors (Lipinski definition) is 4. The second kappa shape index (κ2) is 12.1. The van der Waals surface area contributed by atoms with E-state index in [-0.39, 0.29) is 5.91 Å². The summed E-state index contributed by atoms with van der Waals surface area (Å²) in [6.45, 7) is 4.66. The normalized spacial score (nSPS) is 14.2. The van der Waals surface area contributed by atoms with E-state index >= 15 is 0 Å². The lowest BCUT2D eigenvalue weighted by atomic mass is 10.2. The van der Waals surface area contributed by atoms with Crippen LogP contribution in [0.3, 0.4) is 0 Å². The van der Waals surface area contributed by atoms with Crippen molar-refractivity contribution in [1.29, 1.82) is 0 Å². The van der Waals surface area contributed by atoms with E-state index in [2.05, 4.69) is 21.2 Å². The number of halogens is 3. The van der Waals surface area contributed by atoms with Crippen molar-refractivity contribution in [3.8, 4) is 11.3 Å². The van der Waals surface area contributed by atoms with Crippen molar-refractivity contribution in [2.45, 2.75) is 6.54 Å². The minimum absolute atomic E-state index is 0.242. The molecular weight excluding hydrogens is 541 g/mol. The van der Waals surface area contributed by atoms with Crippen LogP contribution in [0.5, 0.6) is 0 Å². The summed E-state index contributed by atoms with van der Waals surface area (Å²) >= 11 is 18.5. The quantitative estimate of drug-likeness (QED) is 0.231. The Bertz CT molecular complexity index is 1440. The third kappa shape index (κ3) is 6.61. The molecule has 8 heteroatoms. The maximum absolute atomic E-state index is 12.5. The van der Waals surface area contributed by atoms with Crippen LogP contribution in [0.15, 0.2) is 89.4 Å². The molecular formula is C30H26Cl3N3O2. The molecule has 1 fully saturated rings. The number of carbonyl (C=O) groups is 1. The highest BCUT2D eigenvalue weighted by Crippen LogP contribution is 2.32. The number of amides is 1. The Balaban J connectivity index is 1.12. The summed E-state index contributed by atoms with van der Waals surface area (Å²) in [6.07, 6.45) is 3.07. The number of benzene rings is 3. The number of nitrogens with one attached hydrogen (secondary N) is 1. The molecule has 1 aliphatic heterocycles. The molecule has 38 heavy (non-hydrogen) atoms. The van der Waals surface area contributed by atoms with Gasteiger partial charge in [0.15, 0.2) is 0 Å². The van der Waals surface area contributed by atoms with Gasteiger partial charge in [-0.05, 0) is 72.3 Å². The molecule has 1 aliphatic rings. The van der Waals surface area contributed by atoms with E-state index in [1.54, 1.807) is 30.3 Å². The Morgan fingerprint density at radius 3 is 2.37 bits per heavy atom. The molecule has 0 aliphatic carbocycles. The van der Waals surface area contributed by atoms with Crippen LogP contribution in [0.2, 0.25) is 15.1 Å². The molecule has 0 spiro atoms. The average Bonchev–Trinajstić information content (AvgIpc) is 3.38. The summed E-state index contributed by atoms with van der Waals surface area (Å²) in [5, 5.41) is 4.77. The van der Waals surface area contributed by atoms with Gasteiger partial charge in [0.1, 0.15) is 11.5 Å². The van der Waals surface area contributed by atoms with Gasteiger partial charge >= 0.3 is 0 Å². The Kier molecular flexibility index (Phi) is 8.40. The lowest BCUT2D eigenvalue weighted by Gasteiger charge is -2.36. The molecule has 4 aromatic rings. The average molecular weight is 567 g/mol. The molecule has 1 N–H and O–H groups in total. The van der Waals surface area contributed by atoms with E-state index in [1.807, 2.05) is 48.5 Å². The zero-order chi connectivity index (χ0) is 26.5. The molecule has 5 rings (SSSR count). The number of anilines is 2. The zero-order valence-corrected chi connectivity index (χ0v) is 22.8. The van der Waals surface area contributed by atoms with Gasteiger partial charge in [-0.15, -0.1) is 0 Å². The van der Waals surface area contributed by atoms with Crippen LogP contribution in [-0.2, 0) is 11.3 Å². The van der Waals surface area contributed by atoms with Gasteiger partial charge in [-0.3, -0.25) is 9.69 Å². The minimum atomic E-state index is -0.242. The standard InChI is InChI=1S/C30H26Cl3N3O2/c31-22-5-12-26(28(33)19-22)29-13-10-25(38-29)11-14-30(37)34-23-6-8-24(9-7-23)36-17-15-35(16-18-36)20-21-3-1-2-4-27(21)32/h1-14,19H,15-18,20H2,(H,34,37)/b14-11+. The van der Waals surface area contributed by atoms with Crippen LogP contribution in [0, 0.1) is 0 Å². The molecule has 0 saturated carbocycles. The summed E-state index contributed by atoms with van der Waals surface area (Å²) in [5.41, 5.74) is 3.77. The van der Waals surface area contributed by atoms with Gasteiger partial charge in [-0.2, -0.15) is 0 Å². The predicted molar refractivity (Wildman–Crippen MR) is 157 cm³/mol. The maximum atomic E-state index is 12.5. The smallest absolute Gasteiger partial charge is 0.248 e. The van der Waals surface area contributed by atoms with Gasteiger partial charge in [0.25, 0.3) is 0 Å². The van der Waals surface area contributed by atoms with Gasteiger partial charge in [-0.25, -0.2) is 0 Å². The Morgan fingerprint density at radius 2 is 1.63 bits per heavy atom. The molecule has 1 amide bonds. The Hall–Kier alpha value is -3.22. The van der Waals surface area contributed by atoms with Gasteiger partial charge in [-0.1, -0.05) is 53.0 Å². The van der Waals surface area contributed by atoms with Crippen LogP contribution < -0.4 is 10.2 Å². The SMILES string of the molecule is O=C(/C=C/c1ccc(-c2ccc(Cl)cc2Cl)o1)Nc1ccc(N2CCN(Cc3ccccc3Cl)CC2)cc1. The lowest BCUT2D eigenvalue weighted by Crippen LogP contribution is -2.46. The highest BCUT2D eigenvalue weighted by atomic mass is 35.5. The number of rotatable bonds is 7. The Labute approximate surface area is 237 Å². The third-order valence-electron chi connectivity index (χ3n) is 6.45. The van der Waals surface area contributed by atoms with Gasteiger partial charge in [0.05, 0.1) is 5.02 Å². The summed E-state index contributed by atoms with van der Waals surface area (Å²) in [7, 11) is 0. The fourth-order valence-electron chi connectivity index (χ4n) is 4.41. The van der Waals surface area contributed by atoms with E-state index < -0.39 is 0 Å². The van der Waals surface area contributed by atoms with Crippen molar-refractivity contribution in [3.05, 3.63) is 111 Å². The number of hydrogen-bond donors (Lipinski definition) is 1. The Morgan fingerprint density at radius 1 is 0.868 bits per heavy atom. The first-order valence-corrected chi connectivity index (χ1v) is 13.4. The summed E-state index contributed by atoms with van der Waals surface area (Å²) < 4.78 is 5.81. The fraction of sp³-hybridized carbons (Fsp3) is 0.167. The third-order valence-corrected chi connectivity index (χ3v) is 7.36. The fourth-order valence-corrected chi connectivity index (χ4v) is 5.10. The molecule has 5 nitrogen and oxygen atoms in total. The van der Waals surface area contributed by atoms with Gasteiger partial charge in [0.2, 0.25) is 5.91 Å². The lowest BCUT2D eigenvalue weighted by molar-refractivity contribution is -0.111. The van der Waals surface area contributed by atoms with E-state index in [0.29, 0.717) is 21.6 Å². The van der Waals surface area contributed by atoms with E-state index in [0.717, 1.165) is 60.2 Å². The number of piperazine rings is 1. The predicted octanol–water partition coefficient (Wildman–Crippen LogP) is 7.88. The van der Waals surface area contributed by atoms with Crippen LogP contribution in [0.1, 0.15) is 11.3 Å². The zero-order valence-electron chi connectivity index (χ0n) is 20.5. The molecule has 3 aromatic carbocycles. The number of carbonyl (C=O) groups excluding carboxylic acids is 1. The van der Waals surface area contributed by atoms with Crippen LogP contribution >= 0.6 is 34.8 Å². The second-order valence-electron chi connectivity index (χ2n) is 9.05. The van der Waals surface area contributed by atoms with E-state index in [1.165, 1.54) is 6.08 Å². The van der Waals surface area contributed by atoms with Crippen LogP contribution in [0.25, 0.3) is 17.4 Å². The van der Waals surface area contributed by atoms with Gasteiger partial charge in [0, 0.05) is 65.8 Å². The molecule has 1 saturated heterocycles. The van der Waals surface area contributed by atoms with E-state index in [9.17, 15) is 4.79 Å². The second-order valence-corrected chi connectivity index (χ2v) is 10.3. The van der Waals surface area contributed by atoms with Crippen molar-refractivity contribution in [1.82, 2.24) is 4.90 Å². The molecule has 194 valence electrons. The molecule has 0 atom stereocenters. The van der Waals surface area contributed by atoms with Crippen molar-refractivity contribution < 1.29 is 9.21 Å². The first kappa shape index (κ1) is 26.4. The van der Waals surface area contributed by atoms with Crippen molar-refractivity contribution in [2.24, 2.45) is 0 Å². The highest BCUT2D eigenvalue weighted by Gasteiger charge is 2.18. The molecule has 2 heterocycles. The van der Waals surface area contributed by atoms with Crippen molar-refractivity contribution in [3.63, 3.8) is 0 Å². The summed E-state index contributed by atoms with van der Waals surface area (Å²) in [5.74, 6) is 0.908. The summed E-state index contributed by atoms with van der Waals surface area (Å²) in [4.78, 5) is 17.2.